The van der Waals surface area contributed by atoms with Gasteiger partial charge in [0, 0.05) is 25.6 Å². The third-order valence-electron chi connectivity index (χ3n) is 5.56. The number of aliphatic hydroxyl groups excluding tert-OH is 1. The number of ether oxygens (including phenoxy) is 1. The first-order chi connectivity index (χ1) is 15.5. The van der Waals surface area contributed by atoms with E-state index in [0.29, 0.717) is 0 Å². The molecule has 0 aliphatic carbocycles. The third-order valence-corrected chi connectivity index (χ3v) is 5.56. The molecule has 1 fully saturated rings. The van der Waals surface area contributed by atoms with Crippen LogP contribution in [0.3, 0.4) is 0 Å². The van der Waals surface area contributed by atoms with Crippen LogP contribution in [0.1, 0.15) is 40.2 Å². The quantitative estimate of drug-likeness (QED) is 0.675. The van der Waals surface area contributed by atoms with Gasteiger partial charge in [0.25, 0.3) is 0 Å². The maximum Gasteiger partial charge on any atom is 0.248 e. The van der Waals surface area contributed by atoms with Gasteiger partial charge >= 0.3 is 0 Å². The SMILES string of the molecule is CCOc1ccc(-c2cn([C@H](C(=O)N3CC(O)CC3C(=O)NC)C(C)(C)C)nn2)c(F)c1F. The van der Waals surface area contributed by atoms with Gasteiger partial charge in [-0.3, -0.25) is 9.59 Å². The van der Waals surface area contributed by atoms with Crippen LogP contribution in [0.5, 0.6) is 5.75 Å². The molecule has 0 radical (unpaired) electrons. The molecule has 2 aromatic rings. The number of carbonyl (C=O) groups excluding carboxylic acids is 2. The van der Waals surface area contributed by atoms with Crippen LogP contribution in [-0.4, -0.2) is 69.2 Å². The lowest BCUT2D eigenvalue weighted by atomic mass is 9.85. The summed E-state index contributed by atoms with van der Waals surface area (Å²) in [5.74, 6) is -3.27. The van der Waals surface area contributed by atoms with Crippen LogP contribution >= 0.6 is 0 Å². The third kappa shape index (κ3) is 4.82. The molecule has 1 aromatic heterocycles. The highest BCUT2D eigenvalue weighted by atomic mass is 19.2. The first-order valence-electron chi connectivity index (χ1n) is 10.7. The number of likely N-dealkylation sites (tertiary alicyclic amines) is 1. The predicted octanol–water partition coefficient (Wildman–Crippen LogP) is 1.92. The molecule has 2 N–H and O–H groups in total. The molecule has 1 aromatic carbocycles. The lowest BCUT2D eigenvalue weighted by Crippen LogP contribution is -2.49. The fraction of sp³-hybridized carbons (Fsp3) is 0.545. The van der Waals surface area contributed by atoms with Gasteiger partial charge in [-0.25, -0.2) is 9.07 Å². The van der Waals surface area contributed by atoms with E-state index in [4.69, 9.17) is 4.74 Å². The zero-order chi connectivity index (χ0) is 24.5. The summed E-state index contributed by atoms with van der Waals surface area (Å²) in [5.41, 5.74) is -0.756. The molecule has 9 nitrogen and oxygen atoms in total. The van der Waals surface area contributed by atoms with Gasteiger partial charge in [-0.2, -0.15) is 4.39 Å². The maximum atomic E-state index is 14.7. The maximum absolute atomic E-state index is 14.7. The summed E-state index contributed by atoms with van der Waals surface area (Å²) in [4.78, 5) is 27.2. The van der Waals surface area contributed by atoms with Crippen molar-refractivity contribution < 1.29 is 28.2 Å². The molecule has 0 saturated carbocycles. The molecular formula is C22H29F2N5O4. The van der Waals surface area contributed by atoms with Crippen LogP contribution in [0.2, 0.25) is 0 Å². The van der Waals surface area contributed by atoms with Crippen molar-refractivity contribution in [3.05, 3.63) is 30.0 Å². The van der Waals surface area contributed by atoms with Gasteiger partial charge in [-0.15, -0.1) is 5.10 Å². The Balaban J connectivity index is 1.97. The fourth-order valence-corrected chi connectivity index (χ4v) is 4.03. The second kappa shape index (κ2) is 9.42. The van der Waals surface area contributed by atoms with Gasteiger partial charge in [-0.1, -0.05) is 26.0 Å². The van der Waals surface area contributed by atoms with Crippen molar-refractivity contribution in [2.45, 2.75) is 52.3 Å². The minimum atomic E-state index is -1.13. The topological polar surface area (TPSA) is 110 Å². The zero-order valence-electron chi connectivity index (χ0n) is 19.3. The van der Waals surface area contributed by atoms with Crippen molar-refractivity contribution >= 4 is 11.8 Å². The van der Waals surface area contributed by atoms with Crippen molar-refractivity contribution in [2.75, 3.05) is 20.2 Å². The van der Waals surface area contributed by atoms with Crippen LogP contribution < -0.4 is 10.1 Å². The number of hydrogen-bond acceptors (Lipinski definition) is 6. The largest absolute Gasteiger partial charge is 0.491 e. The lowest BCUT2D eigenvalue weighted by molar-refractivity contribution is -0.144. The number of halogens is 2. The Bertz CT molecular complexity index is 1040. The van der Waals surface area contributed by atoms with Gasteiger partial charge in [0.1, 0.15) is 17.8 Å². The van der Waals surface area contributed by atoms with E-state index in [2.05, 4.69) is 15.6 Å². The summed E-state index contributed by atoms with van der Waals surface area (Å²) in [7, 11) is 1.46. The van der Waals surface area contributed by atoms with Gasteiger partial charge < -0.3 is 20.1 Å². The number of hydrogen-bond donors (Lipinski definition) is 2. The van der Waals surface area contributed by atoms with Crippen molar-refractivity contribution in [3.63, 3.8) is 0 Å². The first-order valence-corrected chi connectivity index (χ1v) is 10.7. The summed E-state index contributed by atoms with van der Waals surface area (Å²) in [6, 6.07) is 0.918. The van der Waals surface area contributed by atoms with Gasteiger partial charge in [0.15, 0.2) is 11.6 Å². The highest BCUT2D eigenvalue weighted by molar-refractivity contribution is 5.90. The lowest BCUT2D eigenvalue weighted by Gasteiger charge is -2.34. The standard InChI is InChI=1S/C22H29F2N5O4/c1-6-33-16-8-7-13(17(23)18(16)24)14-11-29(27-26-14)19(22(2,3)4)21(32)28-10-12(30)9-15(28)20(31)25-5/h7-8,11-12,15,19,30H,6,9-10H2,1-5H3,(H,25,31)/t12?,15?,19-/m1/s1. The van der Waals surface area contributed by atoms with Crippen molar-refractivity contribution in [1.29, 1.82) is 0 Å². The monoisotopic (exact) mass is 465 g/mol. The van der Waals surface area contributed by atoms with E-state index in [0.717, 1.165) is 0 Å². The number of β-amino-alcohol motifs (C(OH)–C–C–N with tert-alkyl or cyclic N) is 1. The Kier molecular flexibility index (Phi) is 7.01. The van der Waals surface area contributed by atoms with Crippen LogP contribution in [0, 0.1) is 17.0 Å². The van der Waals surface area contributed by atoms with Crippen LogP contribution in [0.15, 0.2) is 18.3 Å². The smallest absolute Gasteiger partial charge is 0.248 e. The van der Waals surface area contributed by atoms with Crippen LogP contribution in [0.25, 0.3) is 11.3 Å². The molecule has 1 aliphatic rings. The molecule has 0 spiro atoms. The molecule has 3 rings (SSSR count). The first kappa shape index (κ1) is 24.6. The molecule has 3 atom stereocenters. The average Bonchev–Trinajstić information content (AvgIpc) is 3.37. The van der Waals surface area contributed by atoms with E-state index in [1.165, 1.54) is 35.0 Å². The molecular weight excluding hydrogens is 436 g/mol. The normalized spacial score (nSPS) is 19.5. The number of rotatable bonds is 6. The molecule has 0 bridgehead atoms. The van der Waals surface area contributed by atoms with Gasteiger partial charge in [0.2, 0.25) is 17.6 Å². The molecule has 2 amide bonds. The Morgan fingerprint density at radius 2 is 2.00 bits per heavy atom. The number of carbonyl (C=O) groups is 2. The molecule has 2 heterocycles. The highest BCUT2D eigenvalue weighted by Crippen LogP contribution is 2.35. The van der Waals surface area contributed by atoms with E-state index in [1.807, 2.05) is 20.8 Å². The zero-order valence-corrected chi connectivity index (χ0v) is 19.3. The number of aromatic nitrogens is 3. The Hall–Kier alpha value is -3.08. The summed E-state index contributed by atoms with van der Waals surface area (Å²) >= 11 is 0. The molecule has 1 saturated heterocycles. The summed E-state index contributed by atoms with van der Waals surface area (Å²) in [5, 5.41) is 20.6. The highest BCUT2D eigenvalue weighted by Gasteiger charge is 2.45. The molecule has 11 heteroatoms. The van der Waals surface area contributed by atoms with E-state index in [9.17, 15) is 23.5 Å². The second-order valence-electron chi connectivity index (χ2n) is 9.03. The van der Waals surface area contributed by atoms with Crippen molar-refractivity contribution in [2.24, 2.45) is 5.41 Å². The van der Waals surface area contributed by atoms with Gasteiger partial charge in [0.05, 0.1) is 18.9 Å². The van der Waals surface area contributed by atoms with Gasteiger partial charge in [-0.05, 0) is 24.5 Å². The number of likely N-dealkylation sites (N-methyl/N-ethyl adjacent to an activating group) is 1. The summed E-state index contributed by atoms with van der Waals surface area (Å²) in [6.45, 7) is 7.29. The van der Waals surface area contributed by atoms with E-state index < -0.39 is 41.1 Å². The van der Waals surface area contributed by atoms with Crippen LogP contribution in [0.4, 0.5) is 8.78 Å². The molecule has 1 aliphatic heterocycles. The van der Waals surface area contributed by atoms with E-state index in [-0.39, 0.29) is 42.5 Å². The van der Waals surface area contributed by atoms with E-state index >= 15 is 0 Å². The number of amides is 2. The molecule has 180 valence electrons. The molecule has 2 unspecified atom stereocenters. The number of nitrogens with one attached hydrogen (secondary N) is 1. The Labute approximate surface area is 190 Å². The van der Waals surface area contributed by atoms with E-state index in [1.54, 1.807) is 6.92 Å². The minimum Gasteiger partial charge on any atom is -0.491 e. The summed E-state index contributed by atoms with van der Waals surface area (Å²) < 4.78 is 35.4. The number of aliphatic hydroxyl groups is 1. The van der Waals surface area contributed by atoms with Crippen molar-refractivity contribution in [3.8, 4) is 17.0 Å². The van der Waals surface area contributed by atoms with Crippen LogP contribution in [-0.2, 0) is 9.59 Å². The molecule has 33 heavy (non-hydrogen) atoms. The predicted molar refractivity (Wildman–Crippen MR) is 115 cm³/mol. The van der Waals surface area contributed by atoms with Crippen molar-refractivity contribution in [1.82, 2.24) is 25.2 Å². The fourth-order valence-electron chi connectivity index (χ4n) is 4.03. The summed E-state index contributed by atoms with van der Waals surface area (Å²) in [6.07, 6.45) is 0.665. The minimum absolute atomic E-state index is 0.00375. The Morgan fingerprint density at radius 1 is 1.30 bits per heavy atom. The number of benzene rings is 1. The average molecular weight is 466 g/mol. The second-order valence-corrected chi connectivity index (χ2v) is 9.03. The number of nitrogens with zero attached hydrogens (tertiary/aromatic N) is 4. The Morgan fingerprint density at radius 3 is 2.61 bits per heavy atom.